The Bertz CT molecular complexity index is 680. The standard InChI is InChI=1S/C15H18N4/c1-2-11-9-18-15(19-11)13(16)7-10-8-17-14-6-4-3-5-12(10)14/h3-6,8-9,13,17H,2,7,16H2,1H3,(H,18,19)/t13-/m0/s1. The Morgan fingerprint density at radius 1 is 1.32 bits per heavy atom. The number of nitrogens with two attached hydrogens (primary N) is 1. The summed E-state index contributed by atoms with van der Waals surface area (Å²) in [6.45, 7) is 2.10. The number of aromatic nitrogens is 3. The molecule has 4 heteroatoms. The Labute approximate surface area is 112 Å². The van der Waals surface area contributed by atoms with E-state index in [-0.39, 0.29) is 6.04 Å². The lowest BCUT2D eigenvalue weighted by atomic mass is 10.1. The second-order valence-corrected chi connectivity index (χ2v) is 4.82. The van der Waals surface area contributed by atoms with Gasteiger partial charge in [-0.2, -0.15) is 0 Å². The van der Waals surface area contributed by atoms with Crippen LogP contribution in [0.3, 0.4) is 0 Å². The topological polar surface area (TPSA) is 70.5 Å². The van der Waals surface area contributed by atoms with Gasteiger partial charge in [-0.15, -0.1) is 0 Å². The van der Waals surface area contributed by atoms with Crippen LogP contribution in [-0.4, -0.2) is 15.0 Å². The number of nitrogens with one attached hydrogen (secondary N) is 2. The third-order valence-electron chi connectivity index (χ3n) is 3.49. The summed E-state index contributed by atoms with van der Waals surface area (Å²) >= 11 is 0. The number of H-pyrrole nitrogens is 2. The summed E-state index contributed by atoms with van der Waals surface area (Å²) in [6.07, 6.45) is 5.63. The van der Waals surface area contributed by atoms with Crippen molar-refractivity contribution in [2.45, 2.75) is 25.8 Å². The Hall–Kier alpha value is -2.07. The van der Waals surface area contributed by atoms with Crippen molar-refractivity contribution in [3.05, 3.63) is 53.7 Å². The Morgan fingerprint density at radius 2 is 2.16 bits per heavy atom. The molecule has 0 radical (unpaired) electrons. The van der Waals surface area contributed by atoms with Gasteiger partial charge >= 0.3 is 0 Å². The van der Waals surface area contributed by atoms with Crippen molar-refractivity contribution in [1.82, 2.24) is 15.0 Å². The third-order valence-corrected chi connectivity index (χ3v) is 3.49. The van der Waals surface area contributed by atoms with Crippen LogP contribution >= 0.6 is 0 Å². The first-order valence-corrected chi connectivity index (χ1v) is 6.62. The zero-order chi connectivity index (χ0) is 13.2. The van der Waals surface area contributed by atoms with E-state index in [1.165, 1.54) is 10.9 Å². The smallest absolute Gasteiger partial charge is 0.123 e. The van der Waals surface area contributed by atoms with Gasteiger partial charge in [0.05, 0.1) is 6.04 Å². The fourth-order valence-electron chi connectivity index (χ4n) is 2.38. The maximum absolute atomic E-state index is 6.24. The van der Waals surface area contributed by atoms with Gasteiger partial charge in [0.25, 0.3) is 0 Å². The molecule has 0 amide bonds. The predicted octanol–water partition coefficient (Wildman–Crippen LogP) is 2.70. The molecule has 0 spiro atoms. The number of benzene rings is 1. The van der Waals surface area contributed by atoms with Gasteiger partial charge in [0.2, 0.25) is 0 Å². The molecule has 0 saturated carbocycles. The molecular formula is C15H18N4. The lowest BCUT2D eigenvalue weighted by molar-refractivity contribution is 0.678. The first-order chi connectivity index (χ1) is 9.28. The van der Waals surface area contributed by atoms with E-state index in [4.69, 9.17) is 5.73 Å². The number of rotatable bonds is 4. The van der Waals surface area contributed by atoms with Crippen LogP contribution in [0.4, 0.5) is 0 Å². The van der Waals surface area contributed by atoms with E-state index in [9.17, 15) is 0 Å². The summed E-state index contributed by atoms with van der Waals surface area (Å²) in [6, 6.07) is 8.18. The lowest BCUT2D eigenvalue weighted by Crippen LogP contribution is -2.14. The minimum absolute atomic E-state index is 0.0977. The number of nitrogens with zero attached hydrogens (tertiary/aromatic N) is 1. The summed E-state index contributed by atoms with van der Waals surface area (Å²) < 4.78 is 0. The molecule has 0 bridgehead atoms. The molecule has 4 nitrogen and oxygen atoms in total. The highest BCUT2D eigenvalue weighted by molar-refractivity contribution is 5.83. The Kier molecular flexibility index (Phi) is 3.09. The lowest BCUT2D eigenvalue weighted by Gasteiger charge is -2.07. The highest BCUT2D eigenvalue weighted by atomic mass is 15.0. The first kappa shape index (κ1) is 12.0. The zero-order valence-corrected chi connectivity index (χ0v) is 11.0. The number of aromatic amines is 2. The van der Waals surface area contributed by atoms with Gasteiger partial charge in [0.15, 0.2) is 0 Å². The monoisotopic (exact) mass is 254 g/mol. The largest absolute Gasteiger partial charge is 0.361 e. The molecule has 2 aromatic heterocycles. The van der Waals surface area contributed by atoms with Crippen LogP contribution in [-0.2, 0) is 12.8 Å². The summed E-state index contributed by atoms with van der Waals surface area (Å²) in [5.74, 6) is 0.863. The minimum Gasteiger partial charge on any atom is -0.361 e. The van der Waals surface area contributed by atoms with E-state index in [1.54, 1.807) is 0 Å². The van der Waals surface area contributed by atoms with E-state index >= 15 is 0 Å². The van der Waals surface area contributed by atoms with Gasteiger partial charge in [-0.1, -0.05) is 25.1 Å². The molecule has 98 valence electrons. The summed E-state index contributed by atoms with van der Waals surface area (Å²) in [5.41, 5.74) is 9.75. The first-order valence-electron chi connectivity index (χ1n) is 6.62. The summed E-state index contributed by atoms with van der Waals surface area (Å²) in [5, 5.41) is 1.24. The molecule has 3 rings (SSSR count). The molecule has 0 aliphatic carbocycles. The SMILES string of the molecule is CCc1cnc([C@@H](N)Cc2c[nH]c3ccccc23)[nH]1. The number of aryl methyl sites for hydroxylation is 1. The molecule has 0 saturated heterocycles. The molecule has 1 aromatic carbocycles. The molecule has 2 heterocycles. The Balaban J connectivity index is 1.84. The average molecular weight is 254 g/mol. The molecule has 0 aliphatic heterocycles. The van der Waals surface area contributed by atoms with Crippen LogP contribution in [0, 0.1) is 0 Å². The second kappa shape index (κ2) is 4.90. The van der Waals surface area contributed by atoms with E-state index in [1.807, 2.05) is 24.5 Å². The predicted molar refractivity (Wildman–Crippen MR) is 76.9 cm³/mol. The highest BCUT2D eigenvalue weighted by Gasteiger charge is 2.13. The third kappa shape index (κ3) is 2.27. The van der Waals surface area contributed by atoms with Crippen molar-refractivity contribution in [3.63, 3.8) is 0 Å². The van der Waals surface area contributed by atoms with Gasteiger partial charge in [-0.3, -0.25) is 0 Å². The molecule has 0 aliphatic rings. The van der Waals surface area contributed by atoms with E-state index < -0.39 is 0 Å². The van der Waals surface area contributed by atoms with Crippen molar-refractivity contribution >= 4 is 10.9 Å². The zero-order valence-electron chi connectivity index (χ0n) is 11.0. The molecule has 1 atom stereocenters. The number of fused-ring (bicyclic) bond motifs is 1. The highest BCUT2D eigenvalue weighted by Crippen LogP contribution is 2.22. The number of para-hydroxylation sites is 1. The Morgan fingerprint density at radius 3 is 2.95 bits per heavy atom. The maximum Gasteiger partial charge on any atom is 0.123 e. The fraction of sp³-hybridized carbons (Fsp3) is 0.267. The molecule has 0 unspecified atom stereocenters. The fourth-order valence-corrected chi connectivity index (χ4v) is 2.38. The molecule has 19 heavy (non-hydrogen) atoms. The van der Waals surface area contributed by atoms with Gasteiger partial charge in [0.1, 0.15) is 5.82 Å². The summed E-state index contributed by atoms with van der Waals surface area (Å²) in [7, 11) is 0. The van der Waals surface area contributed by atoms with Gasteiger partial charge in [-0.05, 0) is 24.5 Å². The van der Waals surface area contributed by atoms with Crippen LogP contribution in [0.1, 0.15) is 30.0 Å². The quantitative estimate of drug-likeness (QED) is 0.670. The minimum atomic E-state index is -0.0977. The second-order valence-electron chi connectivity index (χ2n) is 4.82. The van der Waals surface area contributed by atoms with Crippen molar-refractivity contribution in [1.29, 1.82) is 0 Å². The van der Waals surface area contributed by atoms with Crippen LogP contribution in [0.25, 0.3) is 10.9 Å². The molecular weight excluding hydrogens is 236 g/mol. The normalized spacial score (nSPS) is 12.9. The van der Waals surface area contributed by atoms with Crippen molar-refractivity contribution in [2.24, 2.45) is 5.73 Å². The molecule has 0 fully saturated rings. The van der Waals surface area contributed by atoms with Gasteiger partial charge in [-0.25, -0.2) is 4.98 Å². The summed E-state index contributed by atoms with van der Waals surface area (Å²) in [4.78, 5) is 10.9. The van der Waals surface area contributed by atoms with Crippen molar-refractivity contribution in [2.75, 3.05) is 0 Å². The van der Waals surface area contributed by atoms with E-state index in [0.717, 1.165) is 29.9 Å². The molecule has 3 aromatic rings. The number of imidazole rings is 1. The number of hydrogen-bond acceptors (Lipinski definition) is 2. The maximum atomic E-state index is 6.24. The van der Waals surface area contributed by atoms with Crippen LogP contribution in [0.2, 0.25) is 0 Å². The van der Waals surface area contributed by atoms with Crippen LogP contribution in [0.5, 0.6) is 0 Å². The number of hydrogen-bond donors (Lipinski definition) is 3. The van der Waals surface area contributed by atoms with E-state index in [0.29, 0.717) is 0 Å². The van der Waals surface area contributed by atoms with Crippen LogP contribution < -0.4 is 5.73 Å². The molecule has 4 N–H and O–H groups in total. The van der Waals surface area contributed by atoms with Gasteiger partial charge in [0, 0.05) is 29.0 Å². The average Bonchev–Trinajstić information content (AvgIpc) is 3.06. The van der Waals surface area contributed by atoms with Crippen LogP contribution in [0.15, 0.2) is 36.7 Å². The van der Waals surface area contributed by atoms with Gasteiger partial charge < -0.3 is 15.7 Å². The van der Waals surface area contributed by atoms with Crippen molar-refractivity contribution < 1.29 is 0 Å². The van der Waals surface area contributed by atoms with E-state index in [2.05, 4.69) is 34.0 Å². The van der Waals surface area contributed by atoms with Crippen molar-refractivity contribution in [3.8, 4) is 0 Å².